The van der Waals surface area contributed by atoms with Crippen molar-refractivity contribution in [1.29, 1.82) is 5.26 Å². The SMILES string of the molecule is Cc1cc(Br)cc(C)c1OC1N=CC([N+](=O)[O-])=CN1c1ccc(C#N)cc1. The fourth-order valence-corrected chi connectivity index (χ4v) is 3.42. The van der Waals surface area contributed by atoms with Gasteiger partial charge in [-0.3, -0.25) is 15.0 Å². The molecule has 7 nitrogen and oxygen atoms in total. The van der Waals surface area contributed by atoms with E-state index in [1.165, 1.54) is 12.4 Å². The number of hydrogen-bond donors (Lipinski definition) is 0. The van der Waals surface area contributed by atoms with Gasteiger partial charge in [-0.25, -0.2) is 4.99 Å². The van der Waals surface area contributed by atoms with E-state index in [2.05, 4.69) is 20.9 Å². The lowest BCUT2D eigenvalue weighted by molar-refractivity contribution is -0.414. The summed E-state index contributed by atoms with van der Waals surface area (Å²) in [4.78, 5) is 16.5. The Balaban J connectivity index is 1.99. The summed E-state index contributed by atoms with van der Waals surface area (Å²) in [5, 5.41) is 20.1. The summed E-state index contributed by atoms with van der Waals surface area (Å²) in [6.45, 7) is 3.84. The van der Waals surface area contributed by atoms with Crippen molar-refractivity contribution in [2.45, 2.75) is 20.2 Å². The largest absolute Gasteiger partial charge is 0.450 e. The Morgan fingerprint density at radius 3 is 2.44 bits per heavy atom. The van der Waals surface area contributed by atoms with Crippen molar-refractivity contribution in [3.8, 4) is 11.8 Å². The van der Waals surface area contributed by atoms with Crippen molar-refractivity contribution in [3.05, 3.63) is 79.6 Å². The van der Waals surface area contributed by atoms with Crippen molar-refractivity contribution >= 4 is 27.8 Å². The number of allylic oxidation sites excluding steroid dienone is 1. The van der Waals surface area contributed by atoms with Gasteiger partial charge in [0.15, 0.2) is 0 Å². The third-order valence-corrected chi connectivity index (χ3v) is 4.46. The van der Waals surface area contributed by atoms with E-state index in [9.17, 15) is 10.1 Å². The number of ether oxygens (including phenoxy) is 1. The number of nitriles is 1. The van der Waals surface area contributed by atoms with Crippen molar-refractivity contribution < 1.29 is 9.66 Å². The van der Waals surface area contributed by atoms with Crippen LogP contribution >= 0.6 is 15.9 Å². The molecule has 2 aromatic carbocycles. The van der Waals surface area contributed by atoms with E-state index in [4.69, 9.17) is 10.00 Å². The smallest absolute Gasteiger partial charge is 0.303 e. The van der Waals surface area contributed by atoms with E-state index in [1.54, 1.807) is 29.2 Å². The Morgan fingerprint density at radius 2 is 1.89 bits per heavy atom. The first-order valence-corrected chi connectivity index (χ1v) is 8.79. The van der Waals surface area contributed by atoms with E-state index in [1.807, 2.05) is 32.0 Å². The summed E-state index contributed by atoms with van der Waals surface area (Å²) in [7, 11) is 0. The van der Waals surface area contributed by atoms with Crippen molar-refractivity contribution in [1.82, 2.24) is 0 Å². The molecule has 0 radical (unpaired) electrons. The normalized spacial score (nSPS) is 15.9. The van der Waals surface area contributed by atoms with Gasteiger partial charge in [0.2, 0.25) is 0 Å². The second-order valence-corrected chi connectivity index (χ2v) is 6.88. The number of aryl methyl sites for hydroxylation is 2. The summed E-state index contributed by atoms with van der Waals surface area (Å²) >= 11 is 3.45. The highest BCUT2D eigenvalue weighted by Gasteiger charge is 2.27. The van der Waals surface area contributed by atoms with Gasteiger partial charge in [0.25, 0.3) is 6.35 Å². The number of nitrogens with zero attached hydrogens (tertiary/aromatic N) is 4. The Kier molecular flexibility index (Phi) is 5.23. The van der Waals surface area contributed by atoms with Crippen LogP contribution in [0.2, 0.25) is 0 Å². The van der Waals surface area contributed by atoms with E-state index < -0.39 is 11.3 Å². The van der Waals surface area contributed by atoms with E-state index >= 15 is 0 Å². The van der Waals surface area contributed by atoms with Crippen LogP contribution in [0.3, 0.4) is 0 Å². The van der Waals surface area contributed by atoms with Crippen LogP contribution in [-0.4, -0.2) is 17.5 Å². The van der Waals surface area contributed by atoms with Crippen molar-refractivity contribution in [2.75, 3.05) is 4.90 Å². The summed E-state index contributed by atoms with van der Waals surface area (Å²) < 4.78 is 7.04. The maximum Gasteiger partial charge on any atom is 0.303 e. The van der Waals surface area contributed by atoms with Crippen molar-refractivity contribution in [2.24, 2.45) is 4.99 Å². The Hall–Kier alpha value is -3.18. The Labute approximate surface area is 164 Å². The number of rotatable bonds is 4. The zero-order chi connectivity index (χ0) is 19.6. The van der Waals surface area contributed by atoms with E-state index in [-0.39, 0.29) is 5.70 Å². The fraction of sp³-hybridized carbons (Fsp3) is 0.158. The highest BCUT2D eigenvalue weighted by atomic mass is 79.9. The number of aliphatic imine (C=N–C) groups is 1. The van der Waals surface area contributed by atoms with Gasteiger partial charge in [-0.15, -0.1) is 0 Å². The molecule has 0 amide bonds. The van der Waals surface area contributed by atoms with Crippen molar-refractivity contribution in [3.63, 3.8) is 0 Å². The molecule has 1 atom stereocenters. The molecule has 1 heterocycles. The molecule has 1 unspecified atom stereocenters. The molecule has 0 bridgehead atoms. The lowest BCUT2D eigenvalue weighted by Crippen LogP contribution is -2.38. The molecule has 1 aliphatic heterocycles. The molecule has 0 aromatic heterocycles. The molecule has 0 N–H and O–H groups in total. The number of anilines is 1. The minimum atomic E-state index is -0.805. The van der Waals surface area contributed by atoms with Gasteiger partial charge in [-0.05, 0) is 61.4 Å². The van der Waals surface area contributed by atoms with Crippen LogP contribution in [0, 0.1) is 35.3 Å². The predicted molar refractivity (Wildman–Crippen MR) is 105 cm³/mol. The van der Waals surface area contributed by atoms with Crippen LogP contribution in [0.1, 0.15) is 16.7 Å². The predicted octanol–water partition coefficient (Wildman–Crippen LogP) is 4.31. The first-order chi connectivity index (χ1) is 12.9. The van der Waals surface area contributed by atoms with Crippen LogP contribution < -0.4 is 9.64 Å². The Bertz CT molecular complexity index is 970. The maximum atomic E-state index is 11.2. The molecular formula is C19H15BrN4O3. The molecule has 0 fully saturated rings. The maximum absolute atomic E-state index is 11.2. The van der Waals surface area contributed by atoms with Crippen LogP contribution in [0.4, 0.5) is 5.69 Å². The highest BCUT2D eigenvalue weighted by Crippen LogP contribution is 2.31. The van der Waals surface area contributed by atoms with Gasteiger partial charge < -0.3 is 4.74 Å². The first-order valence-electron chi connectivity index (χ1n) is 8.00. The van der Waals surface area contributed by atoms with Crippen LogP contribution in [-0.2, 0) is 0 Å². The minimum Gasteiger partial charge on any atom is -0.450 e. The third-order valence-electron chi connectivity index (χ3n) is 4.00. The van der Waals surface area contributed by atoms with Gasteiger partial charge in [-0.2, -0.15) is 5.26 Å². The number of halogens is 1. The first kappa shape index (κ1) is 18.6. The highest BCUT2D eigenvalue weighted by molar-refractivity contribution is 9.10. The van der Waals surface area contributed by atoms with E-state index in [0.717, 1.165) is 15.6 Å². The second-order valence-electron chi connectivity index (χ2n) is 5.97. The quantitative estimate of drug-likeness (QED) is 0.536. The summed E-state index contributed by atoms with van der Waals surface area (Å²) in [5.41, 5.74) is 2.81. The van der Waals surface area contributed by atoms with Gasteiger partial charge in [0, 0.05) is 10.2 Å². The topological polar surface area (TPSA) is 91.8 Å². The fourth-order valence-electron chi connectivity index (χ4n) is 2.73. The lowest BCUT2D eigenvalue weighted by Gasteiger charge is -2.30. The molecule has 1 aliphatic rings. The number of nitro groups is 1. The van der Waals surface area contributed by atoms with Gasteiger partial charge in [0.1, 0.15) is 12.0 Å². The van der Waals surface area contributed by atoms with Gasteiger partial charge in [0.05, 0.1) is 22.8 Å². The average molecular weight is 427 g/mol. The van der Waals surface area contributed by atoms with Crippen LogP contribution in [0.5, 0.6) is 5.75 Å². The molecule has 2 aromatic rings. The average Bonchev–Trinajstić information content (AvgIpc) is 2.64. The molecule has 0 aliphatic carbocycles. The van der Waals surface area contributed by atoms with Crippen LogP contribution in [0.15, 0.2) is 57.8 Å². The standard InChI is InChI=1S/C19H15BrN4O3/c1-12-7-15(20)8-13(2)18(12)27-19-22-10-17(24(25)26)11-23(19)16-5-3-14(9-21)4-6-16/h3-8,10-11,19H,1-2H3. The molecular weight excluding hydrogens is 412 g/mol. The molecule has 136 valence electrons. The lowest BCUT2D eigenvalue weighted by atomic mass is 10.1. The second kappa shape index (κ2) is 7.60. The van der Waals surface area contributed by atoms with Gasteiger partial charge in [-0.1, -0.05) is 15.9 Å². The van der Waals surface area contributed by atoms with E-state index in [0.29, 0.717) is 17.0 Å². The molecule has 0 spiro atoms. The summed E-state index contributed by atoms with van der Waals surface area (Å²) in [6.07, 6.45) is 1.76. The molecule has 27 heavy (non-hydrogen) atoms. The molecule has 8 heteroatoms. The Morgan fingerprint density at radius 1 is 1.26 bits per heavy atom. The zero-order valence-corrected chi connectivity index (χ0v) is 16.2. The monoisotopic (exact) mass is 426 g/mol. The minimum absolute atomic E-state index is 0.150. The summed E-state index contributed by atoms with van der Waals surface area (Å²) in [6, 6.07) is 12.6. The molecule has 0 saturated carbocycles. The van der Waals surface area contributed by atoms with Gasteiger partial charge >= 0.3 is 5.70 Å². The zero-order valence-electron chi connectivity index (χ0n) is 14.6. The number of hydrogen-bond acceptors (Lipinski definition) is 6. The summed E-state index contributed by atoms with van der Waals surface area (Å²) in [5.74, 6) is 0.664. The molecule has 0 saturated heterocycles. The molecule has 3 rings (SSSR count). The van der Waals surface area contributed by atoms with Crippen LogP contribution in [0.25, 0.3) is 0 Å². The number of benzene rings is 2. The third kappa shape index (κ3) is 3.99.